The third kappa shape index (κ3) is 3.70. The molecule has 77 valence electrons. The van der Waals surface area contributed by atoms with Crippen molar-refractivity contribution in [1.29, 1.82) is 0 Å². The smallest absolute Gasteiger partial charge is 0.0300 e. The highest BCUT2D eigenvalue weighted by molar-refractivity contribution is 4.85. The van der Waals surface area contributed by atoms with Gasteiger partial charge in [-0.2, -0.15) is 0 Å². The molecule has 1 radical (unpaired) electrons. The molecule has 1 fully saturated rings. The van der Waals surface area contributed by atoms with Crippen molar-refractivity contribution in [2.75, 3.05) is 0 Å². The summed E-state index contributed by atoms with van der Waals surface area (Å²) in [6.45, 7) is 9.34. The van der Waals surface area contributed by atoms with Crippen molar-refractivity contribution in [3.63, 3.8) is 0 Å². The first-order chi connectivity index (χ1) is 6.11. The molecular weight excluding hydrogens is 156 g/mol. The van der Waals surface area contributed by atoms with Crippen LogP contribution in [0.5, 0.6) is 0 Å². The van der Waals surface area contributed by atoms with Crippen LogP contribution in [0.2, 0.25) is 0 Å². The maximum Gasteiger partial charge on any atom is -0.0300 e. The zero-order valence-corrected chi connectivity index (χ0v) is 9.77. The molecule has 0 spiro atoms. The van der Waals surface area contributed by atoms with Crippen LogP contribution in [-0.2, 0) is 0 Å². The van der Waals surface area contributed by atoms with Crippen LogP contribution in [0.15, 0.2) is 0 Å². The largest absolute Gasteiger partial charge is 0.0651 e. The summed E-state index contributed by atoms with van der Waals surface area (Å²) in [5.41, 5.74) is 0. The van der Waals surface area contributed by atoms with Gasteiger partial charge in [-0.25, -0.2) is 0 Å². The van der Waals surface area contributed by atoms with E-state index in [-0.39, 0.29) is 0 Å². The SMILES string of the molecule is CCC1CC(C)CC(C[C](C)C)C1. The molecule has 1 saturated carbocycles. The molecule has 3 atom stereocenters. The van der Waals surface area contributed by atoms with Crippen LogP contribution in [0.3, 0.4) is 0 Å². The van der Waals surface area contributed by atoms with E-state index in [1.807, 2.05) is 0 Å². The Labute approximate surface area is 84.1 Å². The van der Waals surface area contributed by atoms with E-state index in [1.54, 1.807) is 5.92 Å². The monoisotopic (exact) mass is 181 g/mol. The zero-order chi connectivity index (χ0) is 9.84. The highest BCUT2D eigenvalue weighted by atomic mass is 14.3. The first-order valence-corrected chi connectivity index (χ1v) is 5.90. The van der Waals surface area contributed by atoms with Crippen LogP contribution in [0.4, 0.5) is 0 Å². The van der Waals surface area contributed by atoms with Crippen LogP contribution < -0.4 is 0 Å². The Kier molecular flexibility index (Phi) is 4.28. The molecule has 0 aromatic rings. The quantitative estimate of drug-likeness (QED) is 0.603. The van der Waals surface area contributed by atoms with Gasteiger partial charge in [0.2, 0.25) is 0 Å². The molecule has 3 unspecified atom stereocenters. The molecule has 1 aliphatic carbocycles. The van der Waals surface area contributed by atoms with E-state index in [4.69, 9.17) is 0 Å². The molecule has 0 aliphatic heterocycles. The third-order valence-electron chi connectivity index (χ3n) is 3.41. The molecule has 0 saturated heterocycles. The summed E-state index contributed by atoms with van der Waals surface area (Å²) in [6, 6.07) is 0. The van der Waals surface area contributed by atoms with E-state index in [1.165, 1.54) is 32.1 Å². The van der Waals surface area contributed by atoms with Crippen molar-refractivity contribution in [2.24, 2.45) is 17.8 Å². The maximum atomic E-state index is 2.43. The van der Waals surface area contributed by atoms with Crippen LogP contribution in [0.1, 0.15) is 59.8 Å². The van der Waals surface area contributed by atoms with Crippen molar-refractivity contribution in [1.82, 2.24) is 0 Å². The maximum absolute atomic E-state index is 2.43. The predicted octanol–water partition coefficient (Wildman–Crippen LogP) is 4.45. The van der Waals surface area contributed by atoms with Gasteiger partial charge < -0.3 is 0 Å². The fourth-order valence-corrected chi connectivity index (χ4v) is 2.98. The van der Waals surface area contributed by atoms with Gasteiger partial charge in [-0.15, -0.1) is 0 Å². The van der Waals surface area contributed by atoms with Crippen molar-refractivity contribution >= 4 is 0 Å². The fraction of sp³-hybridized carbons (Fsp3) is 0.923. The minimum Gasteiger partial charge on any atom is -0.0651 e. The van der Waals surface area contributed by atoms with Crippen LogP contribution in [-0.4, -0.2) is 0 Å². The molecule has 1 rings (SSSR count). The second-order valence-electron chi connectivity index (χ2n) is 5.36. The lowest BCUT2D eigenvalue weighted by molar-refractivity contribution is 0.197. The van der Waals surface area contributed by atoms with Crippen molar-refractivity contribution in [3.05, 3.63) is 5.92 Å². The Morgan fingerprint density at radius 3 is 2.23 bits per heavy atom. The molecule has 0 nitrogen and oxygen atoms in total. The highest BCUT2D eigenvalue weighted by Crippen LogP contribution is 2.37. The van der Waals surface area contributed by atoms with Gasteiger partial charge >= 0.3 is 0 Å². The molecule has 13 heavy (non-hydrogen) atoms. The van der Waals surface area contributed by atoms with E-state index in [0.29, 0.717) is 0 Å². The topological polar surface area (TPSA) is 0 Å². The molecule has 0 heterocycles. The van der Waals surface area contributed by atoms with E-state index in [9.17, 15) is 0 Å². The van der Waals surface area contributed by atoms with E-state index >= 15 is 0 Å². The summed E-state index contributed by atoms with van der Waals surface area (Å²) in [4.78, 5) is 0. The van der Waals surface area contributed by atoms with Crippen molar-refractivity contribution in [3.8, 4) is 0 Å². The van der Waals surface area contributed by atoms with Crippen molar-refractivity contribution in [2.45, 2.75) is 59.8 Å². The van der Waals surface area contributed by atoms with Crippen LogP contribution in [0, 0.1) is 23.7 Å². The fourth-order valence-electron chi connectivity index (χ4n) is 2.98. The Morgan fingerprint density at radius 2 is 1.69 bits per heavy atom. The van der Waals surface area contributed by atoms with Gasteiger partial charge in [0.15, 0.2) is 0 Å². The molecule has 0 aromatic carbocycles. The first kappa shape index (κ1) is 11.1. The van der Waals surface area contributed by atoms with E-state index in [0.717, 1.165) is 17.8 Å². The van der Waals surface area contributed by atoms with Gasteiger partial charge in [-0.3, -0.25) is 0 Å². The number of hydrogen-bond donors (Lipinski definition) is 0. The average molecular weight is 181 g/mol. The molecule has 0 heteroatoms. The summed E-state index contributed by atoms with van der Waals surface area (Å²) in [6.07, 6.45) is 7.22. The van der Waals surface area contributed by atoms with Crippen LogP contribution >= 0.6 is 0 Å². The van der Waals surface area contributed by atoms with E-state index in [2.05, 4.69) is 27.7 Å². The summed E-state index contributed by atoms with van der Waals surface area (Å²) in [5.74, 6) is 4.61. The first-order valence-electron chi connectivity index (χ1n) is 5.90. The lowest BCUT2D eigenvalue weighted by atomic mass is 9.72. The minimum absolute atomic E-state index is 0.975. The van der Waals surface area contributed by atoms with Gasteiger partial charge in [0.05, 0.1) is 0 Å². The number of hydrogen-bond acceptors (Lipinski definition) is 0. The summed E-state index contributed by atoms with van der Waals surface area (Å²) >= 11 is 0. The Hall–Kier alpha value is 0. The second-order valence-corrected chi connectivity index (χ2v) is 5.36. The normalized spacial score (nSPS) is 35.3. The Bertz CT molecular complexity index is 135. The molecule has 0 bridgehead atoms. The standard InChI is InChI=1S/C13H25/c1-5-12-7-11(4)8-13(9-12)6-10(2)3/h11-13H,5-9H2,1-4H3. The summed E-state index contributed by atoms with van der Waals surface area (Å²) in [7, 11) is 0. The third-order valence-corrected chi connectivity index (χ3v) is 3.41. The molecule has 0 amide bonds. The van der Waals surface area contributed by atoms with Gasteiger partial charge in [-0.1, -0.05) is 34.1 Å². The van der Waals surface area contributed by atoms with Gasteiger partial charge in [0, 0.05) is 0 Å². The summed E-state index contributed by atoms with van der Waals surface area (Å²) in [5, 5.41) is 0. The lowest BCUT2D eigenvalue weighted by Gasteiger charge is -2.33. The average Bonchev–Trinajstić information content (AvgIpc) is 2.01. The number of rotatable bonds is 3. The molecule has 0 N–H and O–H groups in total. The van der Waals surface area contributed by atoms with Gasteiger partial charge in [0.1, 0.15) is 0 Å². The van der Waals surface area contributed by atoms with Crippen molar-refractivity contribution < 1.29 is 0 Å². The van der Waals surface area contributed by atoms with Gasteiger partial charge in [-0.05, 0) is 49.4 Å². The molecule has 0 aromatic heterocycles. The Morgan fingerprint density at radius 1 is 1.08 bits per heavy atom. The molecular formula is C13H25. The lowest BCUT2D eigenvalue weighted by Crippen LogP contribution is -2.21. The van der Waals surface area contributed by atoms with E-state index < -0.39 is 0 Å². The molecule has 1 aliphatic rings. The van der Waals surface area contributed by atoms with Crippen LogP contribution in [0.25, 0.3) is 0 Å². The Balaban J connectivity index is 2.37. The summed E-state index contributed by atoms with van der Waals surface area (Å²) < 4.78 is 0. The highest BCUT2D eigenvalue weighted by Gasteiger charge is 2.25. The second kappa shape index (κ2) is 5.02. The zero-order valence-electron chi connectivity index (χ0n) is 9.77. The van der Waals surface area contributed by atoms with Gasteiger partial charge in [0.25, 0.3) is 0 Å². The predicted molar refractivity (Wildman–Crippen MR) is 59.5 cm³/mol. The minimum atomic E-state index is 0.975.